The fourth-order valence-electron chi connectivity index (χ4n) is 1.59. The lowest BCUT2D eigenvalue weighted by atomic mass is 10.2. The molecule has 0 amide bonds. The Kier molecular flexibility index (Phi) is 4.66. The largest absolute Gasteiger partial charge is 0.338 e. The molecule has 1 N–H and O–H groups in total. The predicted octanol–water partition coefficient (Wildman–Crippen LogP) is 3.38. The van der Waals surface area contributed by atoms with Crippen molar-refractivity contribution >= 4 is 15.9 Å². The Hall–Kier alpha value is -1.27. The van der Waals surface area contributed by atoms with Crippen LogP contribution in [0.1, 0.15) is 19.7 Å². The van der Waals surface area contributed by atoms with Gasteiger partial charge in [-0.15, -0.1) is 0 Å². The molecule has 0 spiro atoms. The van der Waals surface area contributed by atoms with Gasteiger partial charge in [0.15, 0.2) is 0 Å². The molecule has 0 unspecified atom stereocenters. The number of nitrogens with zero attached hydrogens (tertiary/aromatic N) is 2. The zero-order chi connectivity index (χ0) is 13.8. The molecule has 0 aliphatic heterocycles. The number of halogens is 2. The number of nitrogens with one attached hydrogen (secondary N) is 1. The Labute approximate surface area is 119 Å². The predicted molar refractivity (Wildman–Crippen MR) is 73.9 cm³/mol. The van der Waals surface area contributed by atoms with E-state index in [2.05, 4.69) is 45.2 Å². The first-order valence-electron chi connectivity index (χ1n) is 6.04. The van der Waals surface area contributed by atoms with Crippen molar-refractivity contribution in [2.45, 2.75) is 20.4 Å². The lowest BCUT2D eigenvalue weighted by molar-refractivity contribution is 0.364. The van der Waals surface area contributed by atoms with Crippen LogP contribution in [0.25, 0.3) is 11.4 Å². The van der Waals surface area contributed by atoms with E-state index in [1.54, 1.807) is 6.07 Å². The van der Waals surface area contributed by atoms with Gasteiger partial charge in [0.2, 0.25) is 11.7 Å². The van der Waals surface area contributed by atoms with Crippen molar-refractivity contribution < 1.29 is 8.91 Å². The summed E-state index contributed by atoms with van der Waals surface area (Å²) in [5.74, 6) is 1.10. The van der Waals surface area contributed by atoms with Crippen molar-refractivity contribution in [2.75, 3.05) is 6.54 Å². The second kappa shape index (κ2) is 6.25. The van der Waals surface area contributed by atoms with Crippen molar-refractivity contribution in [3.63, 3.8) is 0 Å². The third-order valence-electron chi connectivity index (χ3n) is 2.42. The Bertz CT molecular complexity index is 536. The molecule has 0 saturated carbocycles. The highest BCUT2D eigenvalue weighted by molar-refractivity contribution is 9.10. The molecule has 0 aliphatic rings. The Morgan fingerprint density at radius 1 is 1.37 bits per heavy atom. The van der Waals surface area contributed by atoms with E-state index in [4.69, 9.17) is 4.52 Å². The van der Waals surface area contributed by atoms with Crippen LogP contribution in [0.5, 0.6) is 0 Å². The molecule has 1 aromatic carbocycles. The van der Waals surface area contributed by atoms with Crippen molar-refractivity contribution in [3.05, 3.63) is 34.4 Å². The smallest absolute Gasteiger partial charge is 0.240 e. The van der Waals surface area contributed by atoms with E-state index in [0.29, 0.717) is 34.2 Å². The van der Waals surface area contributed by atoms with E-state index in [0.717, 1.165) is 6.54 Å². The SMILES string of the molecule is CC(C)CNCc1nc(-c2cc(F)cc(Br)c2)no1. The van der Waals surface area contributed by atoms with Gasteiger partial charge in [0.1, 0.15) is 5.82 Å². The maximum Gasteiger partial charge on any atom is 0.240 e. The summed E-state index contributed by atoms with van der Waals surface area (Å²) in [5, 5.41) is 7.06. The molecule has 0 atom stereocenters. The minimum Gasteiger partial charge on any atom is -0.338 e. The molecule has 2 rings (SSSR count). The van der Waals surface area contributed by atoms with Gasteiger partial charge >= 0.3 is 0 Å². The molecule has 6 heteroatoms. The zero-order valence-electron chi connectivity index (χ0n) is 10.8. The van der Waals surface area contributed by atoms with Crippen molar-refractivity contribution in [3.8, 4) is 11.4 Å². The molecule has 0 saturated heterocycles. The van der Waals surface area contributed by atoms with Gasteiger partial charge in [-0.25, -0.2) is 4.39 Å². The summed E-state index contributed by atoms with van der Waals surface area (Å²) < 4.78 is 19.0. The summed E-state index contributed by atoms with van der Waals surface area (Å²) in [6, 6.07) is 4.51. The van der Waals surface area contributed by atoms with Gasteiger partial charge in [0.05, 0.1) is 6.54 Å². The maximum atomic E-state index is 13.3. The molecular formula is C13H15BrFN3O. The molecule has 1 heterocycles. The van der Waals surface area contributed by atoms with E-state index in [-0.39, 0.29) is 5.82 Å². The van der Waals surface area contributed by atoms with Gasteiger partial charge in [-0.2, -0.15) is 4.98 Å². The van der Waals surface area contributed by atoms with Gasteiger partial charge in [-0.1, -0.05) is 34.9 Å². The first-order valence-corrected chi connectivity index (χ1v) is 6.83. The van der Waals surface area contributed by atoms with Gasteiger partial charge in [0, 0.05) is 10.0 Å². The fraction of sp³-hybridized carbons (Fsp3) is 0.385. The van der Waals surface area contributed by atoms with Crippen LogP contribution >= 0.6 is 15.9 Å². The molecule has 0 radical (unpaired) electrons. The van der Waals surface area contributed by atoms with Crippen LogP contribution in [0.2, 0.25) is 0 Å². The van der Waals surface area contributed by atoms with Crippen molar-refractivity contribution in [1.82, 2.24) is 15.5 Å². The minimum atomic E-state index is -0.339. The van der Waals surface area contributed by atoms with E-state index in [1.165, 1.54) is 12.1 Å². The van der Waals surface area contributed by atoms with Crippen LogP contribution in [-0.4, -0.2) is 16.7 Å². The molecule has 2 aromatic rings. The van der Waals surface area contributed by atoms with Crippen LogP contribution in [0.4, 0.5) is 4.39 Å². The number of hydrogen-bond donors (Lipinski definition) is 1. The van der Waals surface area contributed by atoms with Gasteiger partial charge in [0.25, 0.3) is 0 Å². The van der Waals surface area contributed by atoms with Crippen LogP contribution in [0.15, 0.2) is 27.2 Å². The van der Waals surface area contributed by atoms with Crippen LogP contribution < -0.4 is 5.32 Å². The minimum absolute atomic E-state index is 0.339. The lowest BCUT2D eigenvalue weighted by Gasteiger charge is -2.03. The highest BCUT2D eigenvalue weighted by Crippen LogP contribution is 2.22. The fourth-order valence-corrected chi connectivity index (χ4v) is 2.06. The first-order chi connectivity index (χ1) is 9.04. The monoisotopic (exact) mass is 327 g/mol. The van der Waals surface area contributed by atoms with Gasteiger partial charge in [-0.05, 0) is 30.7 Å². The summed E-state index contributed by atoms with van der Waals surface area (Å²) in [6.45, 7) is 5.64. The number of rotatable bonds is 5. The quantitative estimate of drug-likeness (QED) is 0.914. The van der Waals surface area contributed by atoms with E-state index >= 15 is 0 Å². The van der Waals surface area contributed by atoms with Gasteiger partial charge in [-0.3, -0.25) is 0 Å². The molecule has 0 fully saturated rings. The summed E-state index contributed by atoms with van der Waals surface area (Å²) >= 11 is 3.24. The third kappa shape index (κ3) is 4.11. The topological polar surface area (TPSA) is 51.0 Å². The van der Waals surface area contributed by atoms with Crippen LogP contribution in [0.3, 0.4) is 0 Å². The number of hydrogen-bond acceptors (Lipinski definition) is 4. The molecule has 1 aromatic heterocycles. The molecular weight excluding hydrogens is 313 g/mol. The van der Waals surface area contributed by atoms with E-state index in [9.17, 15) is 4.39 Å². The van der Waals surface area contributed by atoms with Crippen LogP contribution in [0, 0.1) is 11.7 Å². The molecule has 102 valence electrons. The van der Waals surface area contributed by atoms with E-state index in [1.807, 2.05) is 0 Å². The average Bonchev–Trinajstić information content (AvgIpc) is 2.76. The lowest BCUT2D eigenvalue weighted by Crippen LogP contribution is -2.19. The Balaban J connectivity index is 2.07. The molecule has 0 bridgehead atoms. The maximum absolute atomic E-state index is 13.3. The third-order valence-corrected chi connectivity index (χ3v) is 2.88. The molecule has 4 nitrogen and oxygen atoms in total. The first kappa shape index (κ1) is 14.1. The average molecular weight is 328 g/mol. The molecule has 0 aliphatic carbocycles. The second-order valence-corrected chi connectivity index (χ2v) is 5.61. The Morgan fingerprint density at radius 3 is 2.84 bits per heavy atom. The molecule has 19 heavy (non-hydrogen) atoms. The van der Waals surface area contributed by atoms with Crippen molar-refractivity contribution in [1.29, 1.82) is 0 Å². The van der Waals surface area contributed by atoms with Crippen molar-refractivity contribution in [2.24, 2.45) is 5.92 Å². The Morgan fingerprint density at radius 2 is 2.16 bits per heavy atom. The highest BCUT2D eigenvalue weighted by Gasteiger charge is 2.10. The number of aromatic nitrogens is 2. The van der Waals surface area contributed by atoms with Crippen LogP contribution in [-0.2, 0) is 6.54 Å². The summed E-state index contributed by atoms with van der Waals surface area (Å²) in [5.41, 5.74) is 0.589. The standard InChI is InChI=1S/C13H15BrFN3O/c1-8(2)6-16-7-12-17-13(18-19-12)9-3-10(14)5-11(15)4-9/h3-5,8,16H,6-7H2,1-2H3. The summed E-state index contributed by atoms with van der Waals surface area (Å²) in [7, 11) is 0. The number of benzene rings is 1. The highest BCUT2D eigenvalue weighted by atomic mass is 79.9. The van der Waals surface area contributed by atoms with E-state index < -0.39 is 0 Å². The zero-order valence-corrected chi connectivity index (χ0v) is 12.4. The summed E-state index contributed by atoms with van der Waals surface area (Å²) in [6.07, 6.45) is 0. The second-order valence-electron chi connectivity index (χ2n) is 4.69. The summed E-state index contributed by atoms with van der Waals surface area (Å²) in [4.78, 5) is 4.23. The normalized spacial score (nSPS) is 11.2. The van der Waals surface area contributed by atoms with Gasteiger partial charge < -0.3 is 9.84 Å².